The van der Waals surface area contributed by atoms with Crippen molar-refractivity contribution < 1.29 is 0 Å². The molecule has 0 atom stereocenters. The first-order chi connectivity index (χ1) is 8.78. The summed E-state index contributed by atoms with van der Waals surface area (Å²) in [6.07, 6.45) is 13.0. The monoisotopic (exact) mass is 264 g/mol. The van der Waals surface area contributed by atoms with Gasteiger partial charge in [-0.15, -0.1) is 11.3 Å². The summed E-state index contributed by atoms with van der Waals surface area (Å²) < 4.78 is 0. The first-order valence-corrected chi connectivity index (χ1v) is 8.41. The molecule has 2 aliphatic carbocycles. The number of thiazole rings is 1. The zero-order valence-electron chi connectivity index (χ0n) is 11.2. The normalized spacial score (nSPS) is 25.2. The standard InChI is InChI=1S/C15H24N2S/c16-15(9-5-2-6-10-15)14-17-13(11-18-14)12-7-3-1-4-8-12/h11-12H,1-10,16H2. The summed E-state index contributed by atoms with van der Waals surface area (Å²) in [6, 6.07) is 0. The van der Waals surface area contributed by atoms with Gasteiger partial charge < -0.3 is 5.73 Å². The second-order valence-corrected chi connectivity index (χ2v) is 6.99. The molecule has 1 aromatic heterocycles. The third-order valence-corrected chi connectivity index (χ3v) is 5.80. The first-order valence-electron chi connectivity index (χ1n) is 7.53. The molecule has 3 rings (SSSR count). The molecule has 0 aliphatic heterocycles. The van der Waals surface area contributed by atoms with Crippen LogP contribution in [0.5, 0.6) is 0 Å². The highest BCUT2D eigenvalue weighted by Crippen LogP contribution is 2.39. The van der Waals surface area contributed by atoms with E-state index in [1.807, 2.05) is 11.3 Å². The van der Waals surface area contributed by atoms with Gasteiger partial charge in [0.1, 0.15) is 5.01 Å². The molecule has 1 heterocycles. The van der Waals surface area contributed by atoms with Gasteiger partial charge in [-0.25, -0.2) is 4.98 Å². The van der Waals surface area contributed by atoms with Crippen molar-refractivity contribution in [2.24, 2.45) is 5.73 Å². The maximum absolute atomic E-state index is 6.57. The highest BCUT2D eigenvalue weighted by atomic mass is 32.1. The van der Waals surface area contributed by atoms with Gasteiger partial charge in [-0.2, -0.15) is 0 Å². The third-order valence-electron chi connectivity index (χ3n) is 4.72. The third kappa shape index (κ3) is 2.48. The average Bonchev–Trinajstić information content (AvgIpc) is 2.91. The van der Waals surface area contributed by atoms with Gasteiger partial charge in [-0.1, -0.05) is 38.5 Å². The number of hydrogen-bond acceptors (Lipinski definition) is 3. The molecule has 2 nitrogen and oxygen atoms in total. The van der Waals surface area contributed by atoms with Crippen molar-refractivity contribution in [2.45, 2.75) is 75.7 Å². The number of hydrogen-bond donors (Lipinski definition) is 1. The Bertz CT molecular complexity index is 387. The van der Waals surface area contributed by atoms with E-state index in [0.29, 0.717) is 0 Å². The van der Waals surface area contributed by atoms with E-state index in [9.17, 15) is 0 Å². The van der Waals surface area contributed by atoms with Crippen molar-refractivity contribution in [3.8, 4) is 0 Å². The van der Waals surface area contributed by atoms with E-state index in [0.717, 1.165) is 18.8 Å². The van der Waals surface area contributed by atoms with Crippen LogP contribution in [-0.2, 0) is 5.54 Å². The van der Waals surface area contributed by atoms with Crippen molar-refractivity contribution in [1.29, 1.82) is 0 Å². The van der Waals surface area contributed by atoms with Crippen LogP contribution in [0.25, 0.3) is 0 Å². The van der Waals surface area contributed by atoms with E-state index < -0.39 is 0 Å². The molecule has 0 saturated heterocycles. The average molecular weight is 264 g/mol. The highest BCUT2D eigenvalue weighted by molar-refractivity contribution is 7.09. The largest absolute Gasteiger partial charge is 0.319 e. The van der Waals surface area contributed by atoms with Crippen LogP contribution in [0.3, 0.4) is 0 Å². The SMILES string of the molecule is NC1(c2nc(C3CCCCC3)cs2)CCCCC1. The summed E-state index contributed by atoms with van der Waals surface area (Å²) in [6.45, 7) is 0. The topological polar surface area (TPSA) is 38.9 Å². The van der Waals surface area contributed by atoms with Gasteiger partial charge in [0.15, 0.2) is 0 Å². The zero-order valence-corrected chi connectivity index (χ0v) is 12.0. The summed E-state index contributed by atoms with van der Waals surface area (Å²) in [5.41, 5.74) is 7.81. The van der Waals surface area contributed by atoms with Crippen LogP contribution in [0.1, 0.15) is 80.8 Å². The van der Waals surface area contributed by atoms with E-state index in [1.165, 1.54) is 62.1 Å². The van der Waals surface area contributed by atoms with Gasteiger partial charge in [0.25, 0.3) is 0 Å². The van der Waals surface area contributed by atoms with Crippen LogP contribution < -0.4 is 5.73 Å². The Balaban J connectivity index is 1.75. The lowest BCUT2D eigenvalue weighted by Crippen LogP contribution is -2.38. The molecule has 2 fully saturated rings. The first kappa shape index (κ1) is 12.6. The van der Waals surface area contributed by atoms with Gasteiger partial charge in [0.2, 0.25) is 0 Å². The van der Waals surface area contributed by atoms with E-state index in [2.05, 4.69) is 5.38 Å². The van der Waals surface area contributed by atoms with Gasteiger partial charge in [0, 0.05) is 11.3 Å². The Morgan fingerprint density at radius 1 is 1.06 bits per heavy atom. The lowest BCUT2D eigenvalue weighted by molar-refractivity contribution is 0.300. The molecule has 1 aromatic rings. The van der Waals surface area contributed by atoms with Gasteiger partial charge in [-0.05, 0) is 25.7 Å². The molecular weight excluding hydrogens is 240 g/mol. The predicted molar refractivity (Wildman–Crippen MR) is 76.9 cm³/mol. The zero-order chi connectivity index (χ0) is 12.4. The Morgan fingerprint density at radius 2 is 1.72 bits per heavy atom. The van der Waals surface area contributed by atoms with Crippen molar-refractivity contribution in [1.82, 2.24) is 4.98 Å². The van der Waals surface area contributed by atoms with E-state index >= 15 is 0 Å². The minimum atomic E-state index is -0.101. The van der Waals surface area contributed by atoms with Crippen LogP contribution in [0.4, 0.5) is 0 Å². The molecule has 2 aliphatic rings. The summed E-state index contributed by atoms with van der Waals surface area (Å²) in [5.74, 6) is 0.718. The fourth-order valence-electron chi connectivity index (χ4n) is 3.50. The Hall–Kier alpha value is -0.410. The molecule has 2 saturated carbocycles. The minimum absolute atomic E-state index is 0.101. The van der Waals surface area contributed by atoms with E-state index in [4.69, 9.17) is 10.7 Å². The lowest BCUT2D eigenvalue weighted by Gasteiger charge is -2.31. The minimum Gasteiger partial charge on any atom is -0.319 e. The lowest BCUT2D eigenvalue weighted by atomic mass is 9.83. The summed E-state index contributed by atoms with van der Waals surface area (Å²) in [4.78, 5) is 4.92. The molecule has 0 aromatic carbocycles. The second-order valence-electron chi connectivity index (χ2n) is 6.13. The molecule has 0 radical (unpaired) electrons. The fraction of sp³-hybridized carbons (Fsp3) is 0.800. The molecule has 18 heavy (non-hydrogen) atoms. The van der Waals surface area contributed by atoms with Gasteiger partial charge >= 0.3 is 0 Å². The molecule has 3 heteroatoms. The maximum atomic E-state index is 6.57. The Morgan fingerprint density at radius 3 is 2.44 bits per heavy atom. The molecule has 0 unspecified atom stereocenters. The highest BCUT2D eigenvalue weighted by Gasteiger charge is 2.33. The summed E-state index contributed by atoms with van der Waals surface area (Å²) >= 11 is 1.81. The van der Waals surface area contributed by atoms with Gasteiger partial charge in [-0.3, -0.25) is 0 Å². The summed E-state index contributed by atoms with van der Waals surface area (Å²) in [7, 11) is 0. The smallest absolute Gasteiger partial charge is 0.113 e. The molecule has 2 N–H and O–H groups in total. The molecular formula is C15H24N2S. The number of nitrogens with two attached hydrogens (primary N) is 1. The van der Waals surface area contributed by atoms with Crippen molar-refractivity contribution >= 4 is 11.3 Å². The van der Waals surface area contributed by atoms with E-state index in [-0.39, 0.29) is 5.54 Å². The van der Waals surface area contributed by atoms with Crippen molar-refractivity contribution in [3.05, 3.63) is 16.1 Å². The number of aromatic nitrogens is 1. The molecule has 0 amide bonds. The fourth-order valence-corrected chi connectivity index (χ4v) is 4.57. The predicted octanol–water partition coefficient (Wildman–Crippen LogP) is 4.31. The van der Waals surface area contributed by atoms with Crippen molar-refractivity contribution in [3.63, 3.8) is 0 Å². The number of rotatable bonds is 2. The molecule has 100 valence electrons. The van der Waals surface area contributed by atoms with Crippen LogP contribution in [0.15, 0.2) is 5.38 Å². The Labute approximate surface area is 114 Å². The van der Waals surface area contributed by atoms with Crippen LogP contribution in [0, 0.1) is 0 Å². The molecule has 0 bridgehead atoms. The number of nitrogens with zero attached hydrogens (tertiary/aromatic N) is 1. The van der Waals surface area contributed by atoms with Crippen molar-refractivity contribution in [2.75, 3.05) is 0 Å². The van der Waals surface area contributed by atoms with Crippen LogP contribution in [0.2, 0.25) is 0 Å². The Kier molecular flexibility index (Phi) is 3.71. The molecule has 0 spiro atoms. The second kappa shape index (κ2) is 5.30. The van der Waals surface area contributed by atoms with Crippen LogP contribution in [-0.4, -0.2) is 4.98 Å². The van der Waals surface area contributed by atoms with Crippen LogP contribution >= 0.6 is 11.3 Å². The summed E-state index contributed by atoms with van der Waals surface area (Å²) in [5, 5.41) is 3.50. The maximum Gasteiger partial charge on any atom is 0.113 e. The van der Waals surface area contributed by atoms with E-state index in [1.54, 1.807) is 0 Å². The quantitative estimate of drug-likeness (QED) is 0.864. The van der Waals surface area contributed by atoms with Gasteiger partial charge in [0.05, 0.1) is 11.2 Å².